The van der Waals surface area contributed by atoms with Crippen LogP contribution in [-0.4, -0.2) is 20.2 Å². The standard InChI is InChI=1S/C18H26BrNO/c1-20-17(10-14-8-12-3-4-13(14)7-12)11-15-9-16(19)5-6-18(15)21-2/h5-6,9,12-14,17,20H,3-4,7-8,10-11H2,1-2H3. The molecule has 0 spiro atoms. The van der Waals surface area contributed by atoms with Crippen molar-refractivity contribution in [2.75, 3.05) is 14.2 Å². The van der Waals surface area contributed by atoms with E-state index in [9.17, 15) is 0 Å². The van der Waals surface area contributed by atoms with Gasteiger partial charge in [0.05, 0.1) is 7.11 Å². The molecule has 2 fully saturated rings. The Hall–Kier alpha value is -0.540. The Morgan fingerprint density at radius 3 is 2.81 bits per heavy atom. The van der Waals surface area contributed by atoms with Gasteiger partial charge in [-0.3, -0.25) is 0 Å². The molecule has 0 heterocycles. The van der Waals surface area contributed by atoms with Crippen LogP contribution in [0.2, 0.25) is 0 Å². The fourth-order valence-electron chi connectivity index (χ4n) is 4.51. The number of ether oxygens (including phenoxy) is 1. The Labute approximate surface area is 136 Å². The van der Waals surface area contributed by atoms with E-state index in [4.69, 9.17) is 4.74 Å². The maximum absolute atomic E-state index is 5.52. The van der Waals surface area contributed by atoms with Gasteiger partial charge >= 0.3 is 0 Å². The molecule has 0 aliphatic heterocycles. The molecule has 1 N–H and O–H groups in total. The summed E-state index contributed by atoms with van der Waals surface area (Å²) in [5, 5.41) is 3.54. The number of nitrogens with one attached hydrogen (secondary N) is 1. The molecule has 2 aliphatic rings. The second-order valence-corrected chi connectivity index (χ2v) is 7.73. The molecule has 1 aromatic rings. The molecule has 0 saturated heterocycles. The minimum Gasteiger partial charge on any atom is -0.496 e. The summed E-state index contributed by atoms with van der Waals surface area (Å²) < 4.78 is 6.65. The second kappa shape index (κ2) is 6.70. The Morgan fingerprint density at radius 2 is 2.19 bits per heavy atom. The van der Waals surface area contributed by atoms with Crippen LogP contribution in [-0.2, 0) is 6.42 Å². The number of halogens is 1. The van der Waals surface area contributed by atoms with Gasteiger partial charge in [0.2, 0.25) is 0 Å². The molecule has 0 radical (unpaired) electrons. The van der Waals surface area contributed by atoms with Crippen LogP contribution in [0.15, 0.2) is 22.7 Å². The predicted octanol–water partition coefficient (Wildman–Crippen LogP) is 4.41. The summed E-state index contributed by atoms with van der Waals surface area (Å²) >= 11 is 3.58. The van der Waals surface area contributed by atoms with E-state index >= 15 is 0 Å². The topological polar surface area (TPSA) is 21.3 Å². The maximum Gasteiger partial charge on any atom is 0.122 e. The van der Waals surface area contributed by atoms with Gasteiger partial charge in [0.1, 0.15) is 5.75 Å². The van der Waals surface area contributed by atoms with E-state index in [1.54, 1.807) is 7.11 Å². The van der Waals surface area contributed by atoms with E-state index < -0.39 is 0 Å². The highest BCUT2D eigenvalue weighted by Crippen LogP contribution is 2.50. The summed E-state index contributed by atoms with van der Waals surface area (Å²) in [7, 11) is 3.86. The van der Waals surface area contributed by atoms with Crippen molar-refractivity contribution >= 4 is 15.9 Å². The van der Waals surface area contributed by atoms with Gasteiger partial charge in [-0.15, -0.1) is 0 Å². The molecular weight excluding hydrogens is 326 g/mol. The summed E-state index contributed by atoms with van der Waals surface area (Å²) in [6, 6.07) is 6.86. The lowest BCUT2D eigenvalue weighted by molar-refractivity contribution is 0.280. The van der Waals surface area contributed by atoms with Crippen molar-refractivity contribution in [3.63, 3.8) is 0 Å². The molecule has 21 heavy (non-hydrogen) atoms. The molecule has 2 nitrogen and oxygen atoms in total. The van der Waals surface area contributed by atoms with Crippen molar-refractivity contribution in [3.8, 4) is 5.75 Å². The molecule has 2 aliphatic carbocycles. The SMILES string of the molecule is CNC(Cc1cc(Br)ccc1OC)CC1CC2CCC1C2. The third-order valence-electron chi connectivity index (χ3n) is 5.59. The lowest BCUT2D eigenvalue weighted by Crippen LogP contribution is -2.31. The highest BCUT2D eigenvalue weighted by Gasteiger charge is 2.39. The Balaban J connectivity index is 1.65. The minimum atomic E-state index is 0.553. The third kappa shape index (κ3) is 3.45. The quantitative estimate of drug-likeness (QED) is 0.819. The van der Waals surface area contributed by atoms with E-state index in [1.165, 1.54) is 37.7 Å². The van der Waals surface area contributed by atoms with Crippen LogP contribution in [0.3, 0.4) is 0 Å². The Bertz CT molecular complexity index is 490. The van der Waals surface area contributed by atoms with Crippen LogP contribution in [0.4, 0.5) is 0 Å². The number of likely N-dealkylation sites (N-methyl/N-ethyl adjacent to an activating group) is 1. The molecule has 1 aromatic carbocycles. The maximum atomic E-state index is 5.52. The molecule has 4 unspecified atom stereocenters. The van der Waals surface area contributed by atoms with Gasteiger partial charge in [0, 0.05) is 10.5 Å². The largest absolute Gasteiger partial charge is 0.496 e. The van der Waals surface area contributed by atoms with Gasteiger partial charge in [-0.05, 0) is 80.7 Å². The molecule has 2 bridgehead atoms. The lowest BCUT2D eigenvalue weighted by Gasteiger charge is -2.27. The lowest BCUT2D eigenvalue weighted by atomic mass is 9.83. The number of benzene rings is 1. The van der Waals surface area contributed by atoms with Crippen LogP contribution >= 0.6 is 15.9 Å². The van der Waals surface area contributed by atoms with Crippen molar-refractivity contribution < 1.29 is 4.74 Å². The van der Waals surface area contributed by atoms with Gasteiger partial charge in [-0.2, -0.15) is 0 Å². The van der Waals surface area contributed by atoms with E-state index in [2.05, 4.69) is 40.4 Å². The second-order valence-electron chi connectivity index (χ2n) is 6.82. The van der Waals surface area contributed by atoms with Crippen molar-refractivity contribution in [1.82, 2.24) is 5.32 Å². The first-order valence-electron chi connectivity index (χ1n) is 8.19. The average molecular weight is 352 g/mol. The van der Waals surface area contributed by atoms with Crippen molar-refractivity contribution in [2.45, 2.75) is 44.6 Å². The van der Waals surface area contributed by atoms with E-state index in [1.807, 2.05) is 6.07 Å². The van der Waals surface area contributed by atoms with Crippen molar-refractivity contribution in [1.29, 1.82) is 0 Å². The van der Waals surface area contributed by atoms with Crippen LogP contribution < -0.4 is 10.1 Å². The zero-order valence-corrected chi connectivity index (χ0v) is 14.7. The summed E-state index contributed by atoms with van der Waals surface area (Å²) in [5.74, 6) is 4.00. The average Bonchev–Trinajstić information content (AvgIpc) is 3.09. The third-order valence-corrected chi connectivity index (χ3v) is 6.08. The first kappa shape index (κ1) is 15.4. The normalized spacial score (nSPS) is 28.8. The van der Waals surface area contributed by atoms with Gasteiger partial charge in [-0.1, -0.05) is 22.4 Å². The van der Waals surface area contributed by atoms with Gasteiger partial charge in [-0.25, -0.2) is 0 Å². The zero-order valence-electron chi connectivity index (χ0n) is 13.1. The molecule has 0 aromatic heterocycles. The van der Waals surface area contributed by atoms with Crippen LogP contribution in [0.25, 0.3) is 0 Å². The summed E-state index contributed by atoms with van der Waals surface area (Å²) in [4.78, 5) is 0. The Morgan fingerprint density at radius 1 is 1.33 bits per heavy atom. The summed E-state index contributed by atoms with van der Waals surface area (Å²) in [6.45, 7) is 0. The van der Waals surface area contributed by atoms with Crippen molar-refractivity contribution in [2.24, 2.45) is 17.8 Å². The highest BCUT2D eigenvalue weighted by atomic mass is 79.9. The molecule has 4 atom stereocenters. The van der Waals surface area contributed by atoms with Crippen molar-refractivity contribution in [3.05, 3.63) is 28.2 Å². The molecule has 3 heteroatoms. The minimum absolute atomic E-state index is 0.553. The molecule has 116 valence electrons. The highest BCUT2D eigenvalue weighted by molar-refractivity contribution is 9.10. The first-order valence-corrected chi connectivity index (χ1v) is 8.98. The Kier molecular flexibility index (Phi) is 4.90. The smallest absolute Gasteiger partial charge is 0.122 e. The van der Waals surface area contributed by atoms with Crippen LogP contribution in [0.1, 0.15) is 37.7 Å². The monoisotopic (exact) mass is 351 g/mol. The summed E-state index contributed by atoms with van der Waals surface area (Å²) in [6.07, 6.45) is 8.30. The van der Waals surface area contributed by atoms with Crippen LogP contribution in [0, 0.1) is 17.8 Å². The summed E-state index contributed by atoms with van der Waals surface area (Å²) in [5.41, 5.74) is 1.30. The van der Waals surface area contributed by atoms with E-state index in [-0.39, 0.29) is 0 Å². The number of methoxy groups -OCH3 is 1. The van der Waals surface area contributed by atoms with E-state index in [0.717, 1.165) is 34.4 Å². The number of rotatable bonds is 6. The van der Waals surface area contributed by atoms with Crippen LogP contribution in [0.5, 0.6) is 5.75 Å². The molecule has 3 rings (SSSR count). The number of hydrogen-bond acceptors (Lipinski definition) is 2. The predicted molar refractivity (Wildman–Crippen MR) is 90.8 cm³/mol. The van der Waals surface area contributed by atoms with E-state index in [0.29, 0.717) is 6.04 Å². The molecule has 0 amide bonds. The van der Waals surface area contributed by atoms with Gasteiger partial charge in [0.15, 0.2) is 0 Å². The molecule has 2 saturated carbocycles. The number of hydrogen-bond donors (Lipinski definition) is 1. The van der Waals surface area contributed by atoms with Gasteiger partial charge < -0.3 is 10.1 Å². The fourth-order valence-corrected chi connectivity index (χ4v) is 4.91. The van der Waals surface area contributed by atoms with Gasteiger partial charge in [0.25, 0.3) is 0 Å². The first-order chi connectivity index (χ1) is 10.2. The molecular formula is C18H26BrNO. The number of fused-ring (bicyclic) bond motifs is 2. The zero-order chi connectivity index (χ0) is 14.8. The fraction of sp³-hybridized carbons (Fsp3) is 0.667.